The molecule has 9 nitrogen and oxygen atoms in total. The maximum atomic E-state index is 12.9. The summed E-state index contributed by atoms with van der Waals surface area (Å²) in [6.07, 6.45) is 42.9. The Hall–Kier alpha value is -0.540. The van der Waals surface area contributed by atoms with Crippen molar-refractivity contribution in [3.63, 3.8) is 0 Å². The number of rotatable bonds is 46. The van der Waals surface area contributed by atoms with Gasteiger partial charge >= 0.3 is 7.82 Å². The highest BCUT2D eigenvalue weighted by Crippen LogP contribution is 2.43. The minimum atomic E-state index is -4.37. The number of unbranched alkanes of at least 4 members (excludes halogenated alkanes) is 32. The number of nitrogens with two attached hydrogens (primary N) is 1. The number of nitrogens with one attached hydrogen (secondary N) is 1. The topological polar surface area (TPSA) is 151 Å². The lowest BCUT2D eigenvalue weighted by molar-refractivity contribution is -0.125. The van der Waals surface area contributed by atoms with Gasteiger partial charge in [-0.05, 0) is 12.8 Å². The summed E-state index contributed by atoms with van der Waals surface area (Å²) in [5, 5.41) is 24.3. The number of hydrogen-bond acceptors (Lipinski definition) is 7. The number of aliphatic hydroxyl groups excluding tert-OH is 2. The van der Waals surface area contributed by atoms with Crippen molar-refractivity contribution in [3.8, 4) is 0 Å². The van der Waals surface area contributed by atoms with Crippen LogP contribution in [0.4, 0.5) is 0 Å². The van der Waals surface area contributed by atoms with Crippen LogP contribution in [-0.4, -0.2) is 59.0 Å². The summed E-state index contributed by atoms with van der Waals surface area (Å²) in [4.78, 5) is 22.8. The van der Waals surface area contributed by atoms with Crippen LogP contribution in [0.25, 0.3) is 0 Å². The first-order chi connectivity index (χ1) is 27.3. The summed E-state index contributed by atoms with van der Waals surface area (Å²) in [5.41, 5.74) is 5.38. The molecule has 0 aromatic carbocycles. The first-order valence-corrected chi connectivity index (χ1v) is 25.7. The smallest absolute Gasteiger partial charge is 0.393 e. The molecular weight excluding hydrogens is 723 g/mol. The van der Waals surface area contributed by atoms with E-state index >= 15 is 0 Å². The van der Waals surface area contributed by atoms with Crippen LogP contribution < -0.4 is 11.1 Å². The normalized spacial score (nSPS) is 14.5. The van der Waals surface area contributed by atoms with Gasteiger partial charge in [-0.25, -0.2) is 4.57 Å². The lowest BCUT2D eigenvalue weighted by atomic mass is 10.0. The Balaban J connectivity index is 4.15. The number of phosphoric ester groups is 1. The van der Waals surface area contributed by atoms with Gasteiger partial charge in [-0.15, -0.1) is 0 Å². The summed E-state index contributed by atoms with van der Waals surface area (Å²) < 4.78 is 22.2. The zero-order chi connectivity index (χ0) is 41.2. The van der Waals surface area contributed by atoms with Crippen molar-refractivity contribution in [2.75, 3.05) is 19.8 Å². The van der Waals surface area contributed by atoms with Crippen molar-refractivity contribution in [1.82, 2.24) is 5.32 Å². The fraction of sp³-hybridized carbons (Fsp3) is 0.978. The molecule has 4 atom stereocenters. The third kappa shape index (κ3) is 40.2. The van der Waals surface area contributed by atoms with Crippen molar-refractivity contribution in [3.05, 3.63) is 0 Å². The second-order valence-electron chi connectivity index (χ2n) is 16.9. The molecule has 0 aromatic rings. The molecule has 6 N–H and O–H groups in total. The quantitative estimate of drug-likeness (QED) is 0.0301. The van der Waals surface area contributed by atoms with Gasteiger partial charge in [0.1, 0.15) is 0 Å². The Morgan fingerprint density at radius 2 is 0.857 bits per heavy atom. The lowest BCUT2D eigenvalue weighted by Gasteiger charge is -2.25. The molecule has 0 spiro atoms. The minimum Gasteiger partial charge on any atom is -0.393 e. The van der Waals surface area contributed by atoms with E-state index in [0.29, 0.717) is 12.8 Å². The van der Waals surface area contributed by atoms with Gasteiger partial charge in [0, 0.05) is 6.54 Å². The molecule has 4 unspecified atom stereocenters. The van der Waals surface area contributed by atoms with Gasteiger partial charge < -0.3 is 26.2 Å². The van der Waals surface area contributed by atoms with Crippen LogP contribution in [0.3, 0.4) is 0 Å². The third-order valence-electron chi connectivity index (χ3n) is 11.3. The van der Waals surface area contributed by atoms with Crippen molar-refractivity contribution in [2.45, 2.75) is 270 Å². The van der Waals surface area contributed by atoms with Crippen LogP contribution in [0.15, 0.2) is 0 Å². The van der Waals surface area contributed by atoms with Gasteiger partial charge in [0.25, 0.3) is 0 Å². The fourth-order valence-corrected chi connectivity index (χ4v) is 8.35. The Labute approximate surface area is 346 Å². The molecule has 0 saturated carbocycles. The van der Waals surface area contributed by atoms with Gasteiger partial charge in [-0.3, -0.25) is 13.8 Å². The lowest BCUT2D eigenvalue weighted by Crippen LogP contribution is -2.47. The summed E-state index contributed by atoms with van der Waals surface area (Å²) in [6.45, 7) is 4.08. The molecule has 0 aliphatic heterocycles. The van der Waals surface area contributed by atoms with Gasteiger partial charge in [-0.2, -0.15) is 0 Å². The highest BCUT2D eigenvalue weighted by Gasteiger charge is 2.28. The first-order valence-electron chi connectivity index (χ1n) is 24.2. The van der Waals surface area contributed by atoms with Crippen LogP contribution in [0, 0.1) is 0 Å². The van der Waals surface area contributed by atoms with Crippen LogP contribution in [0.5, 0.6) is 0 Å². The van der Waals surface area contributed by atoms with Crippen molar-refractivity contribution >= 4 is 13.7 Å². The average Bonchev–Trinajstić information content (AvgIpc) is 3.17. The van der Waals surface area contributed by atoms with Gasteiger partial charge in [-0.1, -0.05) is 232 Å². The molecule has 56 heavy (non-hydrogen) atoms. The molecule has 0 rings (SSSR count). The standard InChI is InChI=1S/C46H95N2O7P/c1-3-5-7-9-11-13-15-17-19-20-21-22-23-24-26-28-30-32-34-36-38-45(50)44(42-55-56(52,53)54-40-39-47)48-46(51)41-43(49)37-35-33-31-29-27-25-18-16-14-12-10-8-6-4-2/h43-45,49-50H,3-42,47H2,1-2H3,(H,48,51)(H,52,53). The van der Waals surface area contributed by atoms with E-state index in [-0.39, 0.29) is 26.2 Å². The highest BCUT2D eigenvalue weighted by atomic mass is 31.2. The number of aliphatic hydroxyl groups is 2. The van der Waals surface area contributed by atoms with Crippen molar-refractivity contribution < 1.29 is 33.5 Å². The number of phosphoric acid groups is 1. The first kappa shape index (κ1) is 55.5. The fourth-order valence-electron chi connectivity index (χ4n) is 7.59. The second-order valence-corrected chi connectivity index (χ2v) is 18.3. The van der Waals surface area contributed by atoms with E-state index in [1.165, 1.54) is 180 Å². The predicted molar refractivity (Wildman–Crippen MR) is 237 cm³/mol. The third-order valence-corrected chi connectivity index (χ3v) is 12.2. The average molecular weight is 819 g/mol. The number of carbonyl (C=O) groups is 1. The van der Waals surface area contributed by atoms with Crippen molar-refractivity contribution in [1.29, 1.82) is 0 Å². The zero-order valence-corrected chi connectivity index (χ0v) is 37.9. The largest absolute Gasteiger partial charge is 0.472 e. The van der Waals surface area contributed by atoms with Gasteiger partial charge in [0.15, 0.2) is 0 Å². The molecule has 0 saturated heterocycles. The highest BCUT2D eigenvalue weighted by molar-refractivity contribution is 7.47. The molecule has 0 bridgehead atoms. The van der Waals surface area contributed by atoms with E-state index in [1.54, 1.807) is 0 Å². The number of carbonyl (C=O) groups excluding carboxylic acids is 1. The Morgan fingerprint density at radius 3 is 1.20 bits per heavy atom. The van der Waals surface area contributed by atoms with E-state index in [2.05, 4.69) is 19.2 Å². The van der Waals surface area contributed by atoms with Gasteiger partial charge in [0.05, 0.1) is 37.9 Å². The predicted octanol–water partition coefficient (Wildman–Crippen LogP) is 12.8. The molecule has 0 heterocycles. The van der Waals surface area contributed by atoms with Crippen LogP contribution >= 0.6 is 7.82 Å². The van der Waals surface area contributed by atoms with Crippen LogP contribution in [0.1, 0.15) is 251 Å². The maximum Gasteiger partial charge on any atom is 0.472 e. The molecule has 10 heteroatoms. The zero-order valence-electron chi connectivity index (χ0n) is 37.0. The Bertz CT molecular complexity index is 867. The van der Waals surface area contributed by atoms with E-state index < -0.39 is 32.0 Å². The van der Waals surface area contributed by atoms with Crippen molar-refractivity contribution in [2.24, 2.45) is 5.73 Å². The van der Waals surface area contributed by atoms with Gasteiger partial charge in [0.2, 0.25) is 5.91 Å². The summed E-state index contributed by atoms with van der Waals surface area (Å²) in [5.74, 6) is -0.408. The number of hydrogen-bond donors (Lipinski definition) is 5. The van der Waals surface area contributed by atoms with Crippen LogP contribution in [-0.2, 0) is 18.4 Å². The maximum absolute atomic E-state index is 12.9. The number of amides is 1. The molecule has 1 amide bonds. The van der Waals surface area contributed by atoms with E-state index in [1.807, 2.05) is 0 Å². The molecular formula is C46H95N2O7P. The Kier molecular flexibility index (Phi) is 42.2. The molecule has 0 aliphatic rings. The van der Waals surface area contributed by atoms with E-state index in [0.717, 1.165) is 38.5 Å². The minimum absolute atomic E-state index is 0.0628. The van der Waals surface area contributed by atoms with E-state index in [9.17, 15) is 24.5 Å². The van der Waals surface area contributed by atoms with E-state index in [4.69, 9.17) is 14.8 Å². The van der Waals surface area contributed by atoms with Crippen LogP contribution in [0.2, 0.25) is 0 Å². The molecule has 0 aromatic heterocycles. The molecule has 0 fully saturated rings. The SMILES string of the molecule is CCCCCCCCCCCCCCCCCCCCCCC(O)C(COP(=O)(O)OCCN)NC(=O)CC(O)CCCCCCCCCCCCCCCC. The summed E-state index contributed by atoms with van der Waals surface area (Å²) in [6, 6.07) is -0.891. The summed E-state index contributed by atoms with van der Waals surface area (Å²) in [7, 11) is -4.37. The molecule has 336 valence electrons. The Morgan fingerprint density at radius 1 is 0.536 bits per heavy atom. The monoisotopic (exact) mass is 819 g/mol. The molecule has 0 radical (unpaired) electrons. The summed E-state index contributed by atoms with van der Waals surface area (Å²) >= 11 is 0. The second kappa shape index (κ2) is 42.6. The molecule has 0 aliphatic carbocycles.